The first-order valence-corrected chi connectivity index (χ1v) is 7.67. The van der Waals surface area contributed by atoms with E-state index < -0.39 is 37.5 Å². The molecule has 0 amide bonds. The number of phosphoric ester groups is 1. The van der Waals surface area contributed by atoms with E-state index in [0.29, 0.717) is 6.42 Å². The Kier molecular flexibility index (Phi) is 3.58. The number of nitrogens with zero attached hydrogens (tertiary/aromatic N) is 2. The highest BCUT2D eigenvalue weighted by Gasteiger charge is 2.42. The number of halogens is 1. The first kappa shape index (κ1) is 14.6. The van der Waals surface area contributed by atoms with Crippen LogP contribution in [0.4, 0.5) is 10.2 Å². The molecular weight excluding hydrogens is 308 g/mol. The van der Waals surface area contributed by atoms with Gasteiger partial charge < -0.3 is 15.4 Å². The summed E-state index contributed by atoms with van der Waals surface area (Å²) in [6, 6.07) is 0. The zero-order valence-corrected chi connectivity index (χ0v) is 11.6. The molecule has 0 bridgehead atoms. The first-order chi connectivity index (χ1) is 9.85. The van der Waals surface area contributed by atoms with E-state index in [-0.39, 0.29) is 19.1 Å². The Hall–Kier alpha value is -1.32. The van der Waals surface area contributed by atoms with Crippen LogP contribution >= 0.6 is 7.82 Å². The van der Waals surface area contributed by atoms with Crippen molar-refractivity contribution >= 4 is 13.6 Å². The molecule has 2 aliphatic heterocycles. The predicted octanol–water partition coefficient (Wildman–Crippen LogP) is 0.0155. The Bertz CT molecular complexity index is 647. The van der Waals surface area contributed by atoms with Gasteiger partial charge in [0.2, 0.25) is 0 Å². The van der Waals surface area contributed by atoms with Gasteiger partial charge in [0, 0.05) is 12.3 Å². The molecule has 0 aliphatic carbocycles. The molecule has 2 saturated heterocycles. The maximum Gasteiger partial charge on any atom is 0.472 e. The lowest BCUT2D eigenvalue weighted by Crippen LogP contribution is -2.29. The Morgan fingerprint density at radius 2 is 2.19 bits per heavy atom. The lowest BCUT2D eigenvalue weighted by Gasteiger charge is -2.16. The van der Waals surface area contributed by atoms with Crippen molar-refractivity contribution in [2.45, 2.75) is 18.8 Å². The number of aromatic nitrogens is 2. The molecule has 116 valence electrons. The van der Waals surface area contributed by atoms with Gasteiger partial charge in [-0.3, -0.25) is 13.6 Å². The summed E-state index contributed by atoms with van der Waals surface area (Å²) >= 11 is 0. The van der Waals surface area contributed by atoms with Crippen LogP contribution in [-0.4, -0.2) is 33.8 Å². The highest BCUT2D eigenvalue weighted by molar-refractivity contribution is 7.47. The minimum atomic E-state index is -4.04. The van der Waals surface area contributed by atoms with Crippen molar-refractivity contribution in [1.29, 1.82) is 0 Å². The number of ether oxygens (including phenoxy) is 1. The van der Waals surface area contributed by atoms with Gasteiger partial charge in [0.25, 0.3) is 0 Å². The average molecular weight is 321 g/mol. The van der Waals surface area contributed by atoms with Gasteiger partial charge in [-0.2, -0.15) is 4.98 Å². The standard InChI is InChI=1S/C10H13FN3O6P/c11-6-2-14(10(15)13-9(6)12)8-1-5-3-18-21(16,17)19-4-7(5)20-8/h2,5,7-8H,1,3-4H2,(H,16,17)(H2,12,13,15)/t5-,7-,8-/m1/s1. The molecule has 3 rings (SSSR count). The van der Waals surface area contributed by atoms with Crippen molar-refractivity contribution < 1.29 is 27.6 Å². The number of nitrogens with two attached hydrogens (primary N) is 1. The van der Waals surface area contributed by atoms with E-state index in [2.05, 4.69) is 4.98 Å². The van der Waals surface area contributed by atoms with Crippen LogP contribution in [0.2, 0.25) is 0 Å². The van der Waals surface area contributed by atoms with Gasteiger partial charge >= 0.3 is 13.5 Å². The molecule has 2 aliphatic rings. The van der Waals surface area contributed by atoms with Crippen molar-refractivity contribution in [3.63, 3.8) is 0 Å². The number of rotatable bonds is 1. The molecule has 2 fully saturated rings. The van der Waals surface area contributed by atoms with E-state index >= 15 is 0 Å². The smallest absolute Gasteiger partial charge is 0.381 e. The Morgan fingerprint density at radius 3 is 2.95 bits per heavy atom. The first-order valence-electron chi connectivity index (χ1n) is 6.17. The van der Waals surface area contributed by atoms with Gasteiger partial charge in [0.15, 0.2) is 11.6 Å². The highest BCUT2D eigenvalue weighted by atomic mass is 31.2. The van der Waals surface area contributed by atoms with Gasteiger partial charge in [0.1, 0.15) is 6.23 Å². The van der Waals surface area contributed by atoms with Crippen LogP contribution in [0.1, 0.15) is 12.6 Å². The zero-order chi connectivity index (χ0) is 15.2. The van der Waals surface area contributed by atoms with E-state index in [1.54, 1.807) is 0 Å². The second kappa shape index (κ2) is 5.15. The van der Waals surface area contributed by atoms with Crippen LogP contribution in [0, 0.1) is 11.7 Å². The van der Waals surface area contributed by atoms with Crippen LogP contribution in [0.3, 0.4) is 0 Å². The Balaban J connectivity index is 1.81. The van der Waals surface area contributed by atoms with Crippen molar-refractivity contribution in [1.82, 2.24) is 9.55 Å². The maximum atomic E-state index is 13.4. The van der Waals surface area contributed by atoms with Crippen molar-refractivity contribution in [3.8, 4) is 0 Å². The van der Waals surface area contributed by atoms with E-state index in [1.165, 1.54) is 0 Å². The zero-order valence-electron chi connectivity index (χ0n) is 10.7. The topological polar surface area (TPSA) is 126 Å². The largest absolute Gasteiger partial charge is 0.472 e. The summed E-state index contributed by atoms with van der Waals surface area (Å²) in [6.45, 7) is -0.191. The average Bonchev–Trinajstić information content (AvgIpc) is 2.76. The molecule has 0 radical (unpaired) electrons. The summed E-state index contributed by atoms with van der Waals surface area (Å²) in [5.41, 5.74) is 4.49. The SMILES string of the molecule is Nc1nc(=O)n([C@H]2C[C@@H]3COP(=O)(O)OC[C@H]3O2)cc1F. The minimum Gasteiger partial charge on any atom is -0.381 e. The molecule has 1 unspecified atom stereocenters. The number of hydrogen-bond acceptors (Lipinski definition) is 7. The van der Waals surface area contributed by atoms with E-state index in [0.717, 1.165) is 10.8 Å². The Labute approximate surface area is 118 Å². The second-order valence-electron chi connectivity index (χ2n) is 4.85. The van der Waals surface area contributed by atoms with Crippen molar-refractivity contribution in [2.75, 3.05) is 18.9 Å². The minimum absolute atomic E-state index is 0.0470. The molecule has 4 atom stereocenters. The summed E-state index contributed by atoms with van der Waals surface area (Å²) in [5.74, 6) is -1.54. The third-order valence-corrected chi connectivity index (χ3v) is 4.41. The van der Waals surface area contributed by atoms with Crippen LogP contribution in [0.25, 0.3) is 0 Å². The summed E-state index contributed by atoms with van der Waals surface area (Å²) in [6.07, 6.45) is -0.0398. The van der Waals surface area contributed by atoms with Crippen molar-refractivity contribution in [2.24, 2.45) is 5.92 Å². The molecule has 21 heavy (non-hydrogen) atoms. The lowest BCUT2D eigenvalue weighted by molar-refractivity contribution is -0.0264. The van der Waals surface area contributed by atoms with E-state index in [9.17, 15) is 18.6 Å². The second-order valence-corrected chi connectivity index (χ2v) is 6.30. The van der Waals surface area contributed by atoms with Gasteiger partial charge in [-0.05, 0) is 0 Å². The number of nitrogen functional groups attached to an aromatic ring is 1. The molecular formula is C10H13FN3O6P. The number of hydrogen-bond donors (Lipinski definition) is 2. The predicted molar refractivity (Wildman–Crippen MR) is 66.6 cm³/mol. The summed E-state index contributed by atoms with van der Waals surface area (Å²) in [5, 5.41) is 0. The fourth-order valence-electron chi connectivity index (χ4n) is 2.37. The summed E-state index contributed by atoms with van der Waals surface area (Å²) in [4.78, 5) is 24.3. The summed E-state index contributed by atoms with van der Waals surface area (Å²) < 4.78 is 40.8. The van der Waals surface area contributed by atoms with Crippen LogP contribution < -0.4 is 11.4 Å². The van der Waals surface area contributed by atoms with Crippen molar-refractivity contribution in [3.05, 3.63) is 22.5 Å². The van der Waals surface area contributed by atoms with E-state index in [4.69, 9.17) is 19.5 Å². The number of phosphoric acid groups is 1. The lowest BCUT2D eigenvalue weighted by atomic mass is 10.0. The Morgan fingerprint density at radius 1 is 1.48 bits per heavy atom. The monoisotopic (exact) mass is 321 g/mol. The molecule has 9 nitrogen and oxygen atoms in total. The third kappa shape index (κ3) is 2.85. The van der Waals surface area contributed by atoms with Gasteiger partial charge in [-0.1, -0.05) is 0 Å². The molecule has 11 heteroatoms. The molecule has 0 aromatic carbocycles. The van der Waals surface area contributed by atoms with Crippen LogP contribution in [0.15, 0.2) is 11.0 Å². The quantitative estimate of drug-likeness (QED) is 0.693. The van der Waals surface area contributed by atoms with Gasteiger partial charge in [0.05, 0.1) is 25.5 Å². The molecule has 3 heterocycles. The number of fused-ring (bicyclic) bond motifs is 1. The molecule has 0 spiro atoms. The maximum absolute atomic E-state index is 13.4. The van der Waals surface area contributed by atoms with Crippen LogP contribution in [0.5, 0.6) is 0 Å². The fourth-order valence-corrected chi connectivity index (χ4v) is 3.16. The highest BCUT2D eigenvalue weighted by Crippen LogP contribution is 2.49. The molecule has 0 saturated carbocycles. The normalized spacial score (nSPS) is 36.2. The summed E-state index contributed by atoms with van der Waals surface area (Å²) in [7, 11) is -4.04. The number of anilines is 1. The molecule has 1 aromatic rings. The molecule has 1 aromatic heterocycles. The fraction of sp³-hybridized carbons (Fsp3) is 0.600. The molecule has 3 N–H and O–H groups in total. The van der Waals surface area contributed by atoms with Gasteiger partial charge in [-0.25, -0.2) is 13.8 Å². The van der Waals surface area contributed by atoms with E-state index in [1.807, 2.05) is 0 Å². The van der Waals surface area contributed by atoms with Crippen LogP contribution in [-0.2, 0) is 18.3 Å². The van der Waals surface area contributed by atoms with Gasteiger partial charge in [-0.15, -0.1) is 0 Å². The third-order valence-electron chi connectivity index (χ3n) is 3.46.